The van der Waals surface area contributed by atoms with Gasteiger partial charge in [0.2, 0.25) is 0 Å². The molecule has 0 unspecified atom stereocenters. The minimum Gasteiger partial charge on any atom is -0.490 e. The van der Waals surface area contributed by atoms with E-state index in [1.807, 2.05) is 24.3 Å². The molecule has 2 aromatic rings. The number of benzene rings is 1. The first kappa shape index (κ1) is 12.7. The van der Waals surface area contributed by atoms with Gasteiger partial charge in [0.1, 0.15) is 17.9 Å². The molecule has 0 radical (unpaired) electrons. The van der Waals surface area contributed by atoms with Gasteiger partial charge >= 0.3 is 5.97 Å². The Morgan fingerprint density at radius 3 is 2.95 bits per heavy atom. The molecule has 1 aliphatic rings. The van der Waals surface area contributed by atoms with E-state index >= 15 is 0 Å². The van der Waals surface area contributed by atoms with Gasteiger partial charge in [-0.25, -0.2) is 4.79 Å². The Balaban J connectivity index is 2.13. The molecule has 0 saturated carbocycles. The Bertz CT molecular complexity index is 678. The van der Waals surface area contributed by atoms with Crippen molar-refractivity contribution in [3.8, 4) is 5.75 Å². The predicted octanol–water partition coefficient (Wildman–Crippen LogP) is 2.36. The summed E-state index contributed by atoms with van der Waals surface area (Å²) in [5.74, 6) is -0.148. The molecule has 0 aliphatic carbocycles. The van der Waals surface area contributed by atoms with E-state index in [0.29, 0.717) is 18.9 Å². The van der Waals surface area contributed by atoms with Crippen LogP contribution in [0.25, 0.3) is 0 Å². The van der Waals surface area contributed by atoms with Crippen LogP contribution in [0.2, 0.25) is 5.15 Å². The molecule has 3 rings (SSSR count). The number of ether oxygens (including phenoxy) is 1. The Morgan fingerprint density at radius 1 is 1.35 bits per heavy atom. The van der Waals surface area contributed by atoms with Gasteiger partial charge in [-0.2, -0.15) is 0 Å². The molecule has 20 heavy (non-hydrogen) atoms. The second-order valence-corrected chi connectivity index (χ2v) is 4.56. The lowest BCUT2D eigenvalue weighted by molar-refractivity contribution is 0.0697. The standard InChI is InChI=1S/C13H10ClN3O3/c14-11-7-8(13(18)19)12(16-15-11)17-5-6-20-10-4-2-1-3-9(10)17/h1-4,7H,5-6H2,(H,18,19). The topological polar surface area (TPSA) is 75.5 Å². The lowest BCUT2D eigenvalue weighted by Gasteiger charge is -2.30. The molecule has 0 fully saturated rings. The third kappa shape index (κ3) is 2.14. The number of carboxylic acid groups (broad SMARTS) is 1. The lowest BCUT2D eigenvalue weighted by Crippen LogP contribution is -2.30. The summed E-state index contributed by atoms with van der Waals surface area (Å²) in [4.78, 5) is 13.1. The number of hydrogen-bond acceptors (Lipinski definition) is 5. The van der Waals surface area contributed by atoms with Crippen LogP contribution in [0, 0.1) is 0 Å². The fraction of sp³-hybridized carbons (Fsp3) is 0.154. The van der Waals surface area contributed by atoms with E-state index in [9.17, 15) is 9.90 Å². The number of fused-ring (bicyclic) bond motifs is 1. The molecule has 0 amide bonds. The van der Waals surface area contributed by atoms with Crippen LogP contribution in [0.15, 0.2) is 30.3 Å². The van der Waals surface area contributed by atoms with Gasteiger partial charge in [-0.05, 0) is 18.2 Å². The highest BCUT2D eigenvalue weighted by atomic mass is 35.5. The van der Waals surface area contributed by atoms with Gasteiger partial charge in [-0.15, -0.1) is 10.2 Å². The average molecular weight is 292 g/mol. The van der Waals surface area contributed by atoms with Crippen LogP contribution in [-0.2, 0) is 0 Å². The van der Waals surface area contributed by atoms with Crippen molar-refractivity contribution in [1.29, 1.82) is 0 Å². The predicted molar refractivity (Wildman–Crippen MR) is 72.9 cm³/mol. The van der Waals surface area contributed by atoms with Gasteiger partial charge in [0, 0.05) is 0 Å². The number of hydrogen-bond donors (Lipinski definition) is 1. The van der Waals surface area contributed by atoms with Gasteiger partial charge in [0.15, 0.2) is 11.0 Å². The molecule has 0 atom stereocenters. The van der Waals surface area contributed by atoms with Crippen LogP contribution in [0.3, 0.4) is 0 Å². The fourth-order valence-electron chi connectivity index (χ4n) is 2.11. The normalized spacial score (nSPS) is 13.6. The molecule has 1 aliphatic heterocycles. The van der Waals surface area contributed by atoms with E-state index < -0.39 is 5.97 Å². The average Bonchev–Trinajstić information content (AvgIpc) is 2.46. The second kappa shape index (κ2) is 4.97. The summed E-state index contributed by atoms with van der Waals surface area (Å²) in [5, 5.41) is 17.0. The van der Waals surface area contributed by atoms with E-state index in [-0.39, 0.29) is 16.5 Å². The zero-order chi connectivity index (χ0) is 14.1. The molecular formula is C13H10ClN3O3. The second-order valence-electron chi connectivity index (χ2n) is 4.18. The Kier molecular flexibility index (Phi) is 3.15. The van der Waals surface area contributed by atoms with Crippen molar-refractivity contribution in [2.24, 2.45) is 0 Å². The summed E-state index contributed by atoms with van der Waals surface area (Å²) < 4.78 is 5.54. The van der Waals surface area contributed by atoms with Crippen molar-refractivity contribution in [3.63, 3.8) is 0 Å². The molecule has 6 nitrogen and oxygen atoms in total. The van der Waals surface area contributed by atoms with Gasteiger partial charge in [-0.1, -0.05) is 23.7 Å². The summed E-state index contributed by atoms with van der Waals surface area (Å²) in [5.41, 5.74) is 0.777. The third-order valence-corrected chi connectivity index (χ3v) is 3.14. The zero-order valence-electron chi connectivity index (χ0n) is 10.3. The maximum Gasteiger partial charge on any atom is 0.339 e. The lowest BCUT2D eigenvalue weighted by atomic mass is 10.2. The summed E-state index contributed by atoms with van der Waals surface area (Å²) in [6.07, 6.45) is 0. The summed E-state index contributed by atoms with van der Waals surface area (Å²) >= 11 is 5.72. The van der Waals surface area contributed by atoms with Gasteiger partial charge in [-0.3, -0.25) is 0 Å². The van der Waals surface area contributed by atoms with E-state index in [2.05, 4.69) is 10.2 Å². The molecule has 2 heterocycles. The van der Waals surface area contributed by atoms with Gasteiger partial charge < -0.3 is 14.7 Å². The Hall–Kier alpha value is -2.34. The molecule has 0 saturated heterocycles. The van der Waals surface area contributed by atoms with E-state index in [1.54, 1.807) is 4.90 Å². The Labute approximate surface area is 119 Å². The van der Waals surface area contributed by atoms with Crippen LogP contribution < -0.4 is 9.64 Å². The number of nitrogens with zero attached hydrogens (tertiary/aromatic N) is 3. The van der Waals surface area contributed by atoms with Crippen molar-refractivity contribution < 1.29 is 14.6 Å². The molecule has 102 valence electrons. The van der Waals surface area contributed by atoms with E-state index in [1.165, 1.54) is 6.07 Å². The number of anilines is 2. The number of halogens is 1. The molecule has 1 aromatic heterocycles. The first-order valence-electron chi connectivity index (χ1n) is 5.92. The molecule has 0 spiro atoms. The highest BCUT2D eigenvalue weighted by Crippen LogP contribution is 2.36. The summed E-state index contributed by atoms with van der Waals surface area (Å²) in [6, 6.07) is 8.67. The van der Waals surface area contributed by atoms with Crippen molar-refractivity contribution in [3.05, 3.63) is 41.0 Å². The first-order valence-corrected chi connectivity index (χ1v) is 6.30. The largest absolute Gasteiger partial charge is 0.490 e. The van der Waals surface area contributed by atoms with Crippen LogP contribution in [0.5, 0.6) is 5.75 Å². The van der Waals surface area contributed by atoms with Crippen molar-refractivity contribution >= 4 is 29.1 Å². The highest BCUT2D eigenvalue weighted by molar-refractivity contribution is 6.29. The number of aromatic carboxylic acids is 1. The van der Waals surface area contributed by atoms with Crippen LogP contribution in [0.1, 0.15) is 10.4 Å². The van der Waals surface area contributed by atoms with Gasteiger partial charge in [0.25, 0.3) is 0 Å². The Morgan fingerprint density at radius 2 is 2.15 bits per heavy atom. The number of carboxylic acids is 1. The zero-order valence-corrected chi connectivity index (χ0v) is 11.0. The number of carbonyl (C=O) groups is 1. The quantitative estimate of drug-likeness (QED) is 0.915. The number of para-hydroxylation sites is 2. The minimum atomic E-state index is -1.10. The van der Waals surface area contributed by atoms with Crippen molar-refractivity contribution in [1.82, 2.24) is 10.2 Å². The van der Waals surface area contributed by atoms with Crippen LogP contribution in [0.4, 0.5) is 11.5 Å². The van der Waals surface area contributed by atoms with E-state index in [4.69, 9.17) is 16.3 Å². The van der Waals surface area contributed by atoms with Crippen LogP contribution in [-0.4, -0.2) is 34.4 Å². The van der Waals surface area contributed by atoms with Crippen molar-refractivity contribution in [2.45, 2.75) is 0 Å². The maximum atomic E-state index is 11.3. The molecule has 7 heteroatoms. The van der Waals surface area contributed by atoms with Crippen LogP contribution >= 0.6 is 11.6 Å². The molecule has 1 aromatic carbocycles. The van der Waals surface area contributed by atoms with Gasteiger partial charge in [0.05, 0.1) is 12.2 Å². The fourth-order valence-corrected chi connectivity index (χ4v) is 2.25. The summed E-state index contributed by atoms with van der Waals surface area (Å²) in [6.45, 7) is 0.938. The minimum absolute atomic E-state index is 0.0155. The molecule has 1 N–H and O–H groups in total. The monoisotopic (exact) mass is 291 g/mol. The summed E-state index contributed by atoms with van der Waals surface area (Å²) in [7, 11) is 0. The van der Waals surface area contributed by atoms with Crippen molar-refractivity contribution in [2.75, 3.05) is 18.1 Å². The smallest absolute Gasteiger partial charge is 0.339 e. The third-order valence-electron chi connectivity index (χ3n) is 2.96. The molecular weight excluding hydrogens is 282 g/mol. The first-order chi connectivity index (χ1) is 9.66. The highest BCUT2D eigenvalue weighted by Gasteiger charge is 2.25. The van der Waals surface area contributed by atoms with E-state index in [0.717, 1.165) is 5.69 Å². The number of rotatable bonds is 2. The maximum absolute atomic E-state index is 11.3. The number of aromatic nitrogens is 2. The molecule has 0 bridgehead atoms. The SMILES string of the molecule is O=C(O)c1cc(Cl)nnc1N1CCOc2ccccc21.